The Morgan fingerprint density at radius 2 is 1.56 bits per heavy atom. The first-order valence-electron chi connectivity index (χ1n) is 11.7. The summed E-state index contributed by atoms with van der Waals surface area (Å²) in [6, 6.07) is 27.5. The number of nitrogens with zero attached hydrogens (tertiary/aromatic N) is 3. The first-order chi connectivity index (χ1) is 16.7. The predicted molar refractivity (Wildman–Crippen MR) is 133 cm³/mol. The quantitative estimate of drug-likeness (QED) is 0.550. The van der Waals surface area contributed by atoms with Gasteiger partial charge in [0, 0.05) is 25.3 Å². The second-order valence-electron chi connectivity index (χ2n) is 8.56. The van der Waals surface area contributed by atoms with E-state index in [9.17, 15) is 4.79 Å². The molecule has 0 atom stereocenters. The molecule has 0 radical (unpaired) electrons. The van der Waals surface area contributed by atoms with Crippen LogP contribution in [0.5, 0.6) is 5.75 Å². The van der Waals surface area contributed by atoms with E-state index in [4.69, 9.17) is 10.00 Å². The zero-order valence-electron chi connectivity index (χ0n) is 19.3. The number of nitrogens with one attached hydrogen (secondary N) is 1. The van der Waals surface area contributed by atoms with Gasteiger partial charge in [-0.3, -0.25) is 14.6 Å². The molecule has 0 aromatic heterocycles. The number of amides is 1. The molecule has 174 valence electrons. The fraction of sp³-hybridized carbons (Fsp3) is 0.286. The molecule has 0 spiro atoms. The molecule has 1 heterocycles. The molecule has 34 heavy (non-hydrogen) atoms. The van der Waals surface area contributed by atoms with Gasteiger partial charge in [0.05, 0.1) is 18.2 Å². The second kappa shape index (κ2) is 12.0. The van der Waals surface area contributed by atoms with Gasteiger partial charge in [-0.05, 0) is 67.0 Å². The van der Waals surface area contributed by atoms with Gasteiger partial charge in [0.15, 0.2) is 0 Å². The van der Waals surface area contributed by atoms with Gasteiger partial charge < -0.3 is 10.1 Å². The third-order valence-corrected chi connectivity index (χ3v) is 5.92. The van der Waals surface area contributed by atoms with Crippen molar-refractivity contribution in [2.24, 2.45) is 0 Å². The Balaban J connectivity index is 1.20. The number of hydrogen-bond acceptors (Lipinski definition) is 5. The number of rotatable bonds is 8. The summed E-state index contributed by atoms with van der Waals surface area (Å²) < 4.78 is 5.81. The lowest BCUT2D eigenvalue weighted by molar-refractivity contribution is -0.117. The fourth-order valence-corrected chi connectivity index (χ4v) is 4.06. The van der Waals surface area contributed by atoms with E-state index in [0.29, 0.717) is 18.7 Å². The molecular weight excluding hydrogens is 424 g/mol. The largest absolute Gasteiger partial charge is 0.489 e. The van der Waals surface area contributed by atoms with Crippen molar-refractivity contribution in [1.82, 2.24) is 9.80 Å². The van der Waals surface area contributed by atoms with Gasteiger partial charge in [0.25, 0.3) is 0 Å². The van der Waals surface area contributed by atoms with E-state index in [1.54, 1.807) is 0 Å². The first kappa shape index (κ1) is 23.5. The van der Waals surface area contributed by atoms with Crippen molar-refractivity contribution in [2.75, 3.05) is 38.0 Å². The van der Waals surface area contributed by atoms with Crippen molar-refractivity contribution in [3.63, 3.8) is 0 Å². The molecule has 1 aliphatic heterocycles. The molecule has 0 bridgehead atoms. The molecule has 6 heteroatoms. The first-order valence-corrected chi connectivity index (χ1v) is 11.7. The highest BCUT2D eigenvalue weighted by Gasteiger charge is 2.17. The van der Waals surface area contributed by atoms with Gasteiger partial charge >= 0.3 is 0 Å². The van der Waals surface area contributed by atoms with Crippen LogP contribution < -0.4 is 10.1 Å². The van der Waals surface area contributed by atoms with E-state index in [2.05, 4.69) is 21.2 Å². The molecule has 3 aromatic rings. The van der Waals surface area contributed by atoms with Crippen molar-refractivity contribution in [1.29, 1.82) is 5.26 Å². The summed E-state index contributed by atoms with van der Waals surface area (Å²) in [5.74, 6) is 0.773. The summed E-state index contributed by atoms with van der Waals surface area (Å²) in [6.07, 6.45) is 1.02. The van der Waals surface area contributed by atoms with Crippen LogP contribution in [-0.4, -0.2) is 48.4 Å². The minimum absolute atomic E-state index is 0.00139. The van der Waals surface area contributed by atoms with Crippen LogP contribution in [0.2, 0.25) is 0 Å². The van der Waals surface area contributed by atoms with Crippen LogP contribution in [-0.2, 0) is 17.9 Å². The van der Waals surface area contributed by atoms with E-state index >= 15 is 0 Å². The normalized spacial score (nSPS) is 14.7. The minimum Gasteiger partial charge on any atom is -0.489 e. The van der Waals surface area contributed by atoms with Gasteiger partial charge in [0.2, 0.25) is 5.91 Å². The highest BCUT2D eigenvalue weighted by molar-refractivity contribution is 5.92. The van der Waals surface area contributed by atoms with E-state index in [0.717, 1.165) is 56.1 Å². The summed E-state index contributed by atoms with van der Waals surface area (Å²) >= 11 is 0. The maximum atomic E-state index is 12.6. The van der Waals surface area contributed by atoms with Gasteiger partial charge in [-0.1, -0.05) is 42.5 Å². The van der Waals surface area contributed by atoms with Crippen LogP contribution in [0.3, 0.4) is 0 Å². The van der Waals surface area contributed by atoms with Crippen LogP contribution in [0.1, 0.15) is 23.1 Å². The summed E-state index contributed by atoms with van der Waals surface area (Å²) in [7, 11) is 0. The Kier molecular flexibility index (Phi) is 8.28. The molecule has 1 N–H and O–H groups in total. The summed E-state index contributed by atoms with van der Waals surface area (Å²) in [5.41, 5.74) is 3.79. The predicted octanol–water partition coefficient (Wildman–Crippen LogP) is 4.28. The van der Waals surface area contributed by atoms with Gasteiger partial charge in [0.1, 0.15) is 12.4 Å². The minimum atomic E-state index is -0.00139. The van der Waals surface area contributed by atoms with Gasteiger partial charge in [-0.2, -0.15) is 5.26 Å². The third-order valence-electron chi connectivity index (χ3n) is 5.92. The van der Waals surface area contributed by atoms with Crippen molar-refractivity contribution in [2.45, 2.75) is 19.6 Å². The monoisotopic (exact) mass is 454 g/mol. The van der Waals surface area contributed by atoms with Crippen LogP contribution in [0.25, 0.3) is 0 Å². The topological polar surface area (TPSA) is 68.6 Å². The number of anilines is 1. The number of nitriles is 1. The number of ether oxygens (including phenoxy) is 1. The maximum Gasteiger partial charge on any atom is 0.238 e. The van der Waals surface area contributed by atoms with Gasteiger partial charge in [-0.25, -0.2) is 0 Å². The summed E-state index contributed by atoms with van der Waals surface area (Å²) in [4.78, 5) is 17.2. The third kappa shape index (κ3) is 7.17. The Hall–Kier alpha value is -3.66. The second-order valence-corrected chi connectivity index (χ2v) is 8.56. The molecule has 4 rings (SSSR count). The van der Waals surface area contributed by atoms with Crippen LogP contribution >= 0.6 is 0 Å². The molecule has 3 aromatic carbocycles. The molecule has 0 aliphatic carbocycles. The fourth-order valence-electron chi connectivity index (χ4n) is 4.06. The van der Waals surface area contributed by atoms with Crippen LogP contribution in [0.4, 0.5) is 5.69 Å². The average molecular weight is 455 g/mol. The molecule has 1 saturated heterocycles. The Morgan fingerprint density at radius 3 is 2.29 bits per heavy atom. The molecule has 1 fully saturated rings. The highest BCUT2D eigenvalue weighted by Crippen LogP contribution is 2.17. The Morgan fingerprint density at radius 1 is 0.853 bits per heavy atom. The van der Waals surface area contributed by atoms with Crippen molar-refractivity contribution in [3.8, 4) is 11.8 Å². The smallest absolute Gasteiger partial charge is 0.238 e. The number of carbonyl (C=O) groups excluding carboxylic acids is 1. The van der Waals surface area contributed by atoms with Crippen LogP contribution in [0.15, 0.2) is 78.9 Å². The lowest BCUT2D eigenvalue weighted by Crippen LogP contribution is -2.36. The summed E-state index contributed by atoms with van der Waals surface area (Å²) in [5, 5.41) is 11.9. The number of hydrogen-bond donors (Lipinski definition) is 1. The van der Waals surface area contributed by atoms with Crippen molar-refractivity contribution >= 4 is 11.6 Å². The van der Waals surface area contributed by atoms with E-state index in [-0.39, 0.29) is 5.91 Å². The van der Waals surface area contributed by atoms with E-state index < -0.39 is 0 Å². The van der Waals surface area contributed by atoms with E-state index in [1.807, 2.05) is 78.9 Å². The molecule has 0 saturated carbocycles. The van der Waals surface area contributed by atoms with Crippen molar-refractivity contribution < 1.29 is 9.53 Å². The van der Waals surface area contributed by atoms with Crippen molar-refractivity contribution in [3.05, 3.63) is 95.6 Å². The van der Waals surface area contributed by atoms with E-state index in [1.165, 1.54) is 5.56 Å². The molecule has 6 nitrogen and oxygen atoms in total. The lowest BCUT2D eigenvalue weighted by Gasteiger charge is -2.21. The molecule has 1 aliphatic rings. The lowest BCUT2D eigenvalue weighted by atomic mass is 10.1. The molecule has 1 amide bonds. The SMILES string of the molecule is N#Cc1ccc(CN2CCCN(CC(=O)Nc3ccc(OCc4ccccc4)cc3)CC2)cc1. The highest BCUT2D eigenvalue weighted by atomic mass is 16.5. The zero-order valence-corrected chi connectivity index (χ0v) is 19.3. The number of carbonyl (C=O) groups is 1. The standard InChI is InChI=1S/C28H30N4O2/c29-19-23-7-9-24(10-8-23)20-31-15-4-16-32(18-17-31)21-28(33)30-26-11-13-27(14-12-26)34-22-25-5-2-1-3-6-25/h1-3,5-14H,4,15-18,20-22H2,(H,30,33). The molecular formula is C28H30N4O2. The zero-order chi connectivity index (χ0) is 23.6. The number of benzene rings is 3. The molecule has 0 unspecified atom stereocenters. The Labute approximate surface area is 201 Å². The maximum absolute atomic E-state index is 12.6. The summed E-state index contributed by atoms with van der Waals surface area (Å²) in [6.45, 7) is 5.45. The van der Waals surface area contributed by atoms with Gasteiger partial charge in [-0.15, -0.1) is 0 Å². The van der Waals surface area contributed by atoms with Crippen LogP contribution in [0, 0.1) is 11.3 Å². The Bertz CT molecular complexity index is 1090. The average Bonchev–Trinajstić information content (AvgIpc) is 3.09.